The van der Waals surface area contributed by atoms with Gasteiger partial charge in [0.25, 0.3) is 0 Å². The van der Waals surface area contributed by atoms with E-state index in [4.69, 9.17) is 4.42 Å². The van der Waals surface area contributed by atoms with Crippen LogP contribution >= 0.6 is 0 Å². The lowest BCUT2D eigenvalue weighted by molar-refractivity contribution is 0.101. The van der Waals surface area contributed by atoms with Crippen LogP contribution in [-0.4, -0.2) is 11.8 Å². The van der Waals surface area contributed by atoms with Crippen molar-refractivity contribution in [1.82, 2.24) is 5.32 Å². The Hall–Kier alpha value is -3.08. The zero-order chi connectivity index (χ0) is 17.1. The molecule has 5 nitrogen and oxygen atoms in total. The second-order valence-corrected chi connectivity index (χ2v) is 5.64. The first kappa shape index (κ1) is 15.8. The number of urea groups is 1. The van der Waals surface area contributed by atoms with Gasteiger partial charge in [-0.05, 0) is 50.2 Å². The van der Waals surface area contributed by atoms with Crippen molar-refractivity contribution < 1.29 is 14.0 Å². The summed E-state index contributed by atoms with van der Waals surface area (Å²) in [6.45, 7) is 3.36. The first-order chi connectivity index (χ1) is 11.5. The predicted octanol–water partition coefficient (Wildman–Crippen LogP) is 4.52. The highest BCUT2D eigenvalue weighted by molar-refractivity contribution is 5.95. The first-order valence-corrected chi connectivity index (χ1v) is 7.70. The molecule has 0 saturated carbocycles. The van der Waals surface area contributed by atoms with Crippen molar-refractivity contribution in [3.05, 3.63) is 65.9 Å². The minimum absolute atomic E-state index is 0.00971. The molecular formula is C19H18N2O3. The maximum absolute atomic E-state index is 12.1. The predicted molar refractivity (Wildman–Crippen MR) is 93.2 cm³/mol. The van der Waals surface area contributed by atoms with E-state index in [0.717, 1.165) is 11.0 Å². The lowest BCUT2D eigenvalue weighted by Gasteiger charge is -2.12. The van der Waals surface area contributed by atoms with Crippen LogP contribution in [0.1, 0.15) is 36.0 Å². The molecule has 0 bridgehead atoms. The number of amides is 2. The van der Waals surface area contributed by atoms with Gasteiger partial charge >= 0.3 is 6.03 Å². The summed E-state index contributed by atoms with van der Waals surface area (Å²) in [5, 5.41) is 6.57. The average molecular weight is 322 g/mol. The third kappa shape index (κ3) is 3.46. The van der Waals surface area contributed by atoms with E-state index in [1.165, 1.54) is 6.92 Å². The van der Waals surface area contributed by atoms with E-state index in [2.05, 4.69) is 10.6 Å². The van der Waals surface area contributed by atoms with Crippen LogP contribution in [0, 0.1) is 0 Å². The molecule has 2 N–H and O–H groups in total. The molecule has 2 amide bonds. The minimum atomic E-state index is -0.335. The molecule has 0 unspecified atom stereocenters. The van der Waals surface area contributed by atoms with Crippen LogP contribution in [-0.2, 0) is 0 Å². The number of hydrogen-bond acceptors (Lipinski definition) is 3. The first-order valence-electron chi connectivity index (χ1n) is 7.70. The van der Waals surface area contributed by atoms with Crippen molar-refractivity contribution in [3.8, 4) is 0 Å². The van der Waals surface area contributed by atoms with Crippen LogP contribution in [0.2, 0.25) is 0 Å². The summed E-state index contributed by atoms with van der Waals surface area (Å²) in [5.74, 6) is 0.683. The van der Waals surface area contributed by atoms with Gasteiger partial charge in [-0.2, -0.15) is 0 Å². The SMILES string of the molecule is CC(=O)c1ccc(NC(=O)N[C@H](C)c2cc3ccccc3o2)cc1. The molecule has 1 aromatic heterocycles. The van der Waals surface area contributed by atoms with E-state index < -0.39 is 0 Å². The Kier molecular flexibility index (Phi) is 4.33. The van der Waals surface area contributed by atoms with Gasteiger partial charge in [-0.1, -0.05) is 18.2 Å². The van der Waals surface area contributed by atoms with Crippen molar-refractivity contribution in [3.63, 3.8) is 0 Å². The standard InChI is InChI=1S/C19H18N2O3/c1-12(18-11-15-5-3-4-6-17(15)24-18)20-19(23)21-16-9-7-14(8-10-16)13(2)22/h3-12H,1-2H3,(H2,20,21,23)/t12-/m1/s1. The second kappa shape index (κ2) is 6.58. The van der Waals surface area contributed by atoms with E-state index in [1.54, 1.807) is 24.3 Å². The highest BCUT2D eigenvalue weighted by atomic mass is 16.3. The highest BCUT2D eigenvalue weighted by Gasteiger charge is 2.14. The van der Waals surface area contributed by atoms with E-state index in [-0.39, 0.29) is 17.9 Å². The van der Waals surface area contributed by atoms with Gasteiger partial charge in [0.05, 0.1) is 6.04 Å². The Labute approximate surface area is 139 Å². The maximum atomic E-state index is 12.1. The Bertz CT molecular complexity index is 848. The summed E-state index contributed by atoms with van der Waals surface area (Å²) in [4.78, 5) is 23.3. The Balaban J connectivity index is 1.64. The molecule has 1 atom stereocenters. The van der Waals surface area contributed by atoms with Crippen LogP contribution in [0.4, 0.5) is 10.5 Å². The Morgan fingerprint density at radius 3 is 2.42 bits per heavy atom. The fourth-order valence-electron chi connectivity index (χ4n) is 2.44. The van der Waals surface area contributed by atoms with Gasteiger partial charge in [0.2, 0.25) is 0 Å². The van der Waals surface area contributed by atoms with Crippen molar-refractivity contribution in [2.75, 3.05) is 5.32 Å². The molecule has 3 rings (SSSR count). The van der Waals surface area contributed by atoms with Crippen LogP contribution in [0.3, 0.4) is 0 Å². The van der Waals surface area contributed by atoms with Crippen LogP contribution in [0.5, 0.6) is 0 Å². The van der Waals surface area contributed by atoms with Crippen LogP contribution in [0.15, 0.2) is 59.0 Å². The number of fused-ring (bicyclic) bond motifs is 1. The fraction of sp³-hybridized carbons (Fsp3) is 0.158. The van der Waals surface area contributed by atoms with E-state index in [1.807, 2.05) is 37.3 Å². The van der Waals surface area contributed by atoms with Crippen molar-refractivity contribution in [2.24, 2.45) is 0 Å². The third-order valence-electron chi connectivity index (χ3n) is 3.77. The molecule has 0 aliphatic rings. The normalized spacial score (nSPS) is 11.9. The number of Topliss-reactive ketones (excluding diaryl/α,β-unsaturated/α-hetero) is 1. The van der Waals surface area contributed by atoms with E-state index >= 15 is 0 Å². The van der Waals surface area contributed by atoms with E-state index in [0.29, 0.717) is 17.0 Å². The lowest BCUT2D eigenvalue weighted by atomic mass is 10.1. The van der Waals surface area contributed by atoms with Gasteiger partial charge in [-0.15, -0.1) is 0 Å². The van der Waals surface area contributed by atoms with E-state index in [9.17, 15) is 9.59 Å². The summed E-state index contributed by atoms with van der Waals surface area (Å²) in [7, 11) is 0. The third-order valence-corrected chi connectivity index (χ3v) is 3.77. The maximum Gasteiger partial charge on any atom is 0.319 e. The Morgan fingerprint density at radius 2 is 1.75 bits per heavy atom. The summed E-state index contributed by atoms with van der Waals surface area (Å²) < 4.78 is 5.74. The highest BCUT2D eigenvalue weighted by Crippen LogP contribution is 2.23. The van der Waals surface area contributed by atoms with Crippen molar-refractivity contribution >= 4 is 28.5 Å². The number of carbonyl (C=O) groups is 2. The van der Waals surface area contributed by atoms with Gasteiger partial charge in [0.15, 0.2) is 5.78 Å². The second-order valence-electron chi connectivity index (χ2n) is 5.64. The van der Waals surface area contributed by atoms with Gasteiger partial charge in [-0.25, -0.2) is 4.79 Å². The molecular weight excluding hydrogens is 304 g/mol. The number of para-hydroxylation sites is 1. The smallest absolute Gasteiger partial charge is 0.319 e. The molecule has 5 heteroatoms. The van der Waals surface area contributed by atoms with Crippen molar-refractivity contribution in [1.29, 1.82) is 0 Å². The Morgan fingerprint density at radius 1 is 1.04 bits per heavy atom. The fourth-order valence-corrected chi connectivity index (χ4v) is 2.44. The molecule has 24 heavy (non-hydrogen) atoms. The zero-order valence-electron chi connectivity index (χ0n) is 13.5. The molecule has 0 saturated heterocycles. The number of benzene rings is 2. The van der Waals surface area contributed by atoms with Gasteiger partial charge in [0, 0.05) is 16.6 Å². The average Bonchev–Trinajstić information content (AvgIpc) is 2.99. The molecule has 1 heterocycles. The molecule has 0 spiro atoms. The number of furan rings is 1. The molecule has 0 fully saturated rings. The van der Waals surface area contributed by atoms with Gasteiger partial charge < -0.3 is 15.1 Å². The lowest BCUT2D eigenvalue weighted by Crippen LogP contribution is -2.30. The summed E-state index contributed by atoms with van der Waals surface area (Å²) >= 11 is 0. The number of ketones is 1. The number of nitrogens with one attached hydrogen (secondary N) is 2. The summed E-state index contributed by atoms with van der Waals surface area (Å²) in [6, 6.07) is 15.8. The van der Waals surface area contributed by atoms with Crippen LogP contribution in [0.25, 0.3) is 11.0 Å². The minimum Gasteiger partial charge on any atom is -0.459 e. The van der Waals surface area contributed by atoms with Crippen molar-refractivity contribution in [2.45, 2.75) is 19.9 Å². The molecule has 2 aromatic carbocycles. The monoisotopic (exact) mass is 322 g/mol. The van der Waals surface area contributed by atoms with Gasteiger partial charge in [-0.3, -0.25) is 4.79 Å². The number of hydrogen-bond donors (Lipinski definition) is 2. The van der Waals surface area contributed by atoms with Crippen LogP contribution < -0.4 is 10.6 Å². The molecule has 0 aliphatic heterocycles. The summed E-state index contributed by atoms with van der Waals surface area (Å²) in [6.07, 6.45) is 0. The number of carbonyl (C=O) groups excluding carboxylic acids is 2. The topological polar surface area (TPSA) is 71.3 Å². The summed E-state index contributed by atoms with van der Waals surface area (Å²) in [5.41, 5.74) is 2.02. The zero-order valence-corrected chi connectivity index (χ0v) is 13.5. The molecule has 122 valence electrons. The quantitative estimate of drug-likeness (QED) is 0.694. The van der Waals surface area contributed by atoms with Gasteiger partial charge in [0.1, 0.15) is 11.3 Å². The number of anilines is 1. The molecule has 0 radical (unpaired) electrons. The molecule has 3 aromatic rings. The largest absolute Gasteiger partial charge is 0.459 e. The molecule has 0 aliphatic carbocycles. The number of rotatable bonds is 4.